The van der Waals surface area contributed by atoms with E-state index >= 15 is 0 Å². The van der Waals surface area contributed by atoms with Gasteiger partial charge >= 0.3 is 5.97 Å². The Morgan fingerprint density at radius 3 is 2.71 bits per heavy atom. The lowest BCUT2D eigenvalue weighted by atomic mass is 9.94. The Balaban J connectivity index is 2.03. The van der Waals surface area contributed by atoms with Crippen LogP contribution in [0.25, 0.3) is 0 Å². The first kappa shape index (κ1) is 16.4. The molecule has 0 aliphatic heterocycles. The van der Waals surface area contributed by atoms with Crippen molar-refractivity contribution >= 4 is 17.3 Å². The first-order chi connectivity index (χ1) is 10.1. The molecule has 0 bridgehead atoms. The number of carbonyl (C=O) groups is 1. The molecule has 1 aliphatic rings. The number of nitrogens with zero attached hydrogens (tertiary/aromatic N) is 2. The van der Waals surface area contributed by atoms with Crippen molar-refractivity contribution in [2.75, 3.05) is 7.05 Å². The highest BCUT2D eigenvalue weighted by molar-refractivity contribution is 7.13. The largest absolute Gasteiger partial charge is 0.477 e. The third kappa shape index (κ3) is 4.51. The zero-order valence-corrected chi connectivity index (χ0v) is 13.9. The lowest BCUT2D eigenvalue weighted by Gasteiger charge is -2.30. The van der Waals surface area contributed by atoms with Crippen LogP contribution in [-0.4, -0.2) is 34.0 Å². The van der Waals surface area contributed by atoms with E-state index in [0.29, 0.717) is 10.9 Å². The molecule has 1 N–H and O–H groups in total. The molecular weight excluding hydrogens is 284 g/mol. The third-order valence-corrected chi connectivity index (χ3v) is 5.36. The van der Waals surface area contributed by atoms with Gasteiger partial charge in [-0.1, -0.05) is 32.6 Å². The van der Waals surface area contributed by atoms with Crippen LogP contribution in [0.15, 0.2) is 0 Å². The molecule has 1 fully saturated rings. The Kier molecular flexibility index (Phi) is 6.18. The second kappa shape index (κ2) is 7.90. The molecule has 0 unspecified atom stereocenters. The van der Waals surface area contributed by atoms with Crippen molar-refractivity contribution in [3.63, 3.8) is 0 Å². The average molecular weight is 310 g/mol. The van der Waals surface area contributed by atoms with Crippen molar-refractivity contribution in [3.05, 3.63) is 15.6 Å². The Morgan fingerprint density at radius 1 is 1.38 bits per heavy atom. The molecule has 1 heterocycles. The molecule has 21 heavy (non-hydrogen) atoms. The Morgan fingerprint density at radius 2 is 2.10 bits per heavy atom. The van der Waals surface area contributed by atoms with Crippen LogP contribution in [-0.2, 0) is 13.0 Å². The van der Waals surface area contributed by atoms with Crippen molar-refractivity contribution in [1.29, 1.82) is 0 Å². The van der Waals surface area contributed by atoms with E-state index in [4.69, 9.17) is 0 Å². The number of hydrogen-bond donors (Lipinski definition) is 1. The number of hydrogen-bond acceptors (Lipinski definition) is 4. The van der Waals surface area contributed by atoms with Crippen molar-refractivity contribution in [2.24, 2.45) is 0 Å². The monoisotopic (exact) mass is 310 g/mol. The number of rotatable bonds is 7. The Labute approximate surface area is 131 Å². The highest BCUT2D eigenvalue weighted by Crippen LogP contribution is 2.26. The molecule has 4 nitrogen and oxygen atoms in total. The zero-order chi connectivity index (χ0) is 15.2. The summed E-state index contributed by atoms with van der Waals surface area (Å²) in [5.41, 5.74) is 0.779. The van der Waals surface area contributed by atoms with Crippen molar-refractivity contribution in [3.8, 4) is 0 Å². The first-order valence-electron chi connectivity index (χ1n) is 8.04. The van der Waals surface area contributed by atoms with E-state index in [1.165, 1.54) is 43.4 Å². The summed E-state index contributed by atoms with van der Waals surface area (Å²) in [6.45, 7) is 2.90. The van der Waals surface area contributed by atoms with E-state index in [2.05, 4.69) is 23.9 Å². The van der Waals surface area contributed by atoms with Crippen molar-refractivity contribution in [1.82, 2.24) is 9.88 Å². The van der Waals surface area contributed by atoms with Crippen LogP contribution >= 0.6 is 11.3 Å². The summed E-state index contributed by atoms with van der Waals surface area (Å²) in [6, 6.07) is 0.634. The number of carboxylic acid groups (broad SMARTS) is 1. The van der Waals surface area contributed by atoms with Gasteiger partial charge in [-0.05, 0) is 32.7 Å². The Bertz CT molecular complexity index is 467. The fraction of sp³-hybridized carbons (Fsp3) is 0.750. The Hall–Kier alpha value is -0.940. The highest BCUT2D eigenvalue weighted by atomic mass is 32.1. The average Bonchev–Trinajstić information content (AvgIpc) is 2.89. The summed E-state index contributed by atoms with van der Waals surface area (Å²) in [7, 11) is 2.14. The van der Waals surface area contributed by atoms with Gasteiger partial charge < -0.3 is 5.11 Å². The van der Waals surface area contributed by atoms with Gasteiger partial charge in [0.15, 0.2) is 0 Å². The second-order valence-electron chi connectivity index (χ2n) is 6.00. The molecule has 1 aromatic rings. The second-order valence-corrected chi connectivity index (χ2v) is 7.08. The summed E-state index contributed by atoms with van der Waals surface area (Å²) in [6.07, 6.45) is 9.35. The summed E-state index contributed by atoms with van der Waals surface area (Å²) < 4.78 is 0. The van der Waals surface area contributed by atoms with Gasteiger partial charge in [0, 0.05) is 6.04 Å². The quantitative estimate of drug-likeness (QED) is 0.828. The number of aryl methyl sites for hydroxylation is 1. The molecule has 1 aliphatic carbocycles. The zero-order valence-electron chi connectivity index (χ0n) is 13.1. The predicted octanol–water partition coefficient (Wildman–Crippen LogP) is 3.95. The van der Waals surface area contributed by atoms with Crippen molar-refractivity contribution < 1.29 is 9.90 Å². The van der Waals surface area contributed by atoms with Gasteiger partial charge in [-0.15, -0.1) is 11.3 Å². The van der Waals surface area contributed by atoms with Gasteiger partial charge in [-0.2, -0.15) is 0 Å². The topological polar surface area (TPSA) is 53.4 Å². The van der Waals surface area contributed by atoms with E-state index in [1.54, 1.807) is 0 Å². The van der Waals surface area contributed by atoms with Crippen LogP contribution < -0.4 is 0 Å². The molecule has 0 spiro atoms. The minimum Gasteiger partial charge on any atom is -0.477 e. The molecule has 0 saturated heterocycles. The van der Waals surface area contributed by atoms with Crippen LogP contribution in [0.4, 0.5) is 0 Å². The van der Waals surface area contributed by atoms with Crippen LogP contribution in [0.1, 0.15) is 72.2 Å². The smallest absolute Gasteiger partial charge is 0.347 e. The highest BCUT2D eigenvalue weighted by Gasteiger charge is 2.21. The number of thiazole rings is 1. The molecule has 0 amide bonds. The summed E-state index contributed by atoms with van der Waals surface area (Å²) in [4.78, 5) is 18.7. The molecule has 118 valence electrons. The molecule has 1 saturated carbocycles. The van der Waals surface area contributed by atoms with Gasteiger partial charge in [0.1, 0.15) is 9.88 Å². The normalized spacial score (nSPS) is 16.5. The van der Waals surface area contributed by atoms with Crippen LogP contribution in [0.5, 0.6) is 0 Å². The number of aromatic nitrogens is 1. The van der Waals surface area contributed by atoms with Gasteiger partial charge in [-0.25, -0.2) is 9.78 Å². The molecule has 1 aromatic heterocycles. The maximum absolute atomic E-state index is 11.3. The van der Waals surface area contributed by atoms with Crippen molar-refractivity contribution in [2.45, 2.75) is 70.9 Å². The predicted molar refractivity (Wildman–Crippen MR) is 86.0 cm³/mol. The fourth-order valence-electron chi connectivity index (χ4n) is 3.01. The first-order valence-corrected chi connectivity index (χ1v) is 8.85. The molecule has 5 heteroatoms. The van der Waals surface area contributed by atoms with Gasteiger partial charge in [-0.3, -0.25) is 4.90 Å². The number of carboxylic acids is 1. The third-order valence-electron chi connectivity index (χ3n) is 4.29. The van der Waals surface area contributed by atoms with Crippen LogP contribution in [0.2, 0.25) is 0 Å². The maximum Gasteiger partial charge on any atom is 0.347 e. The molecule has 0 aromatic carbocycles. The van der Waals surface area contributed by atoms with E-state index in [9.17, 15) is 9.90 Å². The summed E-state index contributed by atoms with van der Waals surface area (Å²) in [5, 5.41) is 10.3. The number of unbranched alkanes of at least 4 members (excludes halogenated alkanes) is 1. The summed E-state index contributed by atoms with van der Waals surface area (Å²) in [5.74, 6) is -0.829. The van der Waals surface area contributed by atoms with Crippen LogP contribution in [0, 0.1) is 0 Å². The minimum absolute atomic E-state index is 0.440. The van der Waals surface area contributed by atoms with E-state index in [-0.39, 0.29) is 0 Å². The summed E-state index contributed by atoms with van der Waals surface area (Å²) >= 11 is 1.36. The molecule has 2 rings (SSSR count). The van der Waals surface area contributed by atoms with Gasteiger partial charge in [0.25, 0.3) is 0 Å². The van der Waals surface area contributed by atoms with Crippen LogP contribution in [0.3, 0.4) is 0 Å². The van der Waals surface area contributed by atoms with E-state index < -0.39 is 5.97 Å². The SMILES string of the molecule is CCCCc1nc(CN(C)C2CCCCC2)sc1C(=O)O. The lowest BCUT2D eigenvalue weighted by Crippen LogP contribution is -2.32. The number of aromatic carboxylic acids is 1. The van der Waals surface area contributed by atoms with E-state index in [1.807, 2.05) is 0 Å². The van der Waals surface area contributed by atoms with Gasteiger partial charge in [0.05, 0.1) is 12.2 Å². The molecule has 0 atom stereocenters. The molecule has 0 radical (unpaired) electrons. The molecular formula is C16H26N2O2S. The maximum atomic E-state index is 11.3. The standard InChI is InChI=1S/C16H26N2O2S/c1-3-4-10-13-15(16(19)20)21-14(17-13)11-18(2)12-8-6-5-7-9-12/h12H,3-11H2,1-2H3,(H,19,20). The fourth-order valence-corrected chi connectivity index (χ4v) is 4.03. The minimum atomic E-state index is -0.829. The lowest BCUT2D eigenvalue weighted by molar-refractivity contribution is 0.0700. The van der Waals surface area contributed by atoms with E-state index in [0.717, 1.165) is 36.5 Å². The van der Waals surface area contributed by atoms with Gasteiger partial charge in [0.2, 0.25) is 0 Å².